The molecule has 17 heavy (non-hydrogen) atoms. The van der Waals surface area contributed by atoms with Crippen LogP contribution in [-0.4, -0.2) is 26.0 Å². The number of rotatable bonds is 6. The molecule has 1 unspecified atom stereocenters. The van der Waals surface area contributed by atoms with E-state index in [1.54, 1.807) is 6.92 Å². The molecule has 0 fully saturated rings. The van der Waals surface area contributed by atoms with Gasteiger partial charge in [0.2, 0.25) is 0 Å². The van der Waals surface area contributed by atoms with E-state index in [4.69, 9.17) is 5.73 Å². The van der Waals surface area contributed by atoms with Gasteiger partial charge in [0.25, 0.3) is 0 Å². The number of benzene rings is 1. The van der Waals surface area contributed by atoms with Crippen LogP contribution in [0.15, 0.2) is 24.3 Å². The van der Waals surface area contributed by atoms with Crippen LogP contribution in [0.4, 0.5) is 0 Å². The van der Waals surface area contributed by atoms with Crippen molar-refractivity contribution < 1.29 is 8.42 Å². The van der Waals surface area contributed by atoms with Crippen LogP contribution in [0.25, 0.3) is 0 Å². The summed E-state index contributed by atoms with van der Waals surface area (Å²) in [5, 5.41) is 0. The first-order valence-corrected chi connectivity index (χ1v) is 7.76. The number of hydrogen-bond acceptors (Lipinski definition) is 3. The highest BCUT2D eigenvalue weighted by Crippen LogP contribution is 2.07. The van der Waals surface area contributed by atoms with E-state index < -0.39 is 9.84 Å². The van der Waals surface area contributed by atoms with Crippen molar-refractivity contribution in [3.05, 3.63) is 35.4 Å². The molecule has 2 N–H and O–H groups in total. The molecule has 96 valence electrons. The van der Waals surface area contributed by atoms with Crippen LogP contribution in [0.5, 0.6) is 0 Å². The normalized spacial score (nSPS) is 13.6. The number of aryl methyl sites for hydroxylation is 1. The quantitative estimate of drug-likeness (QED) is 0.841. The molecular weight excluding hydrogens is 234 g/mol. The Hall–Kier alpha value is -0.870. The van der Waals surface area contributed by atoms with E-state index in [1.807, 2.05) is 31.2 Å². The average molecular weight is 255 g/mol. The second kappa shape index (κ2) is 6.17. The lowest BCUT2D eigenvalue weighted by Gasteiger charge is -2.11. The third-order valence-electron chi connectivity index (χ3n) is 2.86. The summed E-state index contributed by atoms with van der Waals surface area (Å²) in [4.78, 5) is 0. The maximum Gasteiger partial charge on any atom is 0.150 e. The van der Waals surface area contributed by atoms with Crippen LogP contribution in [0.3, 0.4) is 0 Å². The van der Waals surface area contributed by atoms with E-state index >= 15 is 0 Å². The minimum Gasteiger partial charge on any atom is -0.327 e. The standard InChI is InChI=1S/C13H21NO2S/c1-3-17(15,16)9-8-13(14)10-12-6-4-11(2)5-7-12/h4-7,13H,3,8-10,14H2,1-2H3. The Morgan fingerprint density at radius 2 is 1.82 bits per heavy atom. The molecule has 1 aromatic rings. The topological polar surface area (TPSA) is 60.2 Å². The smallest absolute Gasteiger partial charge is 0.150 e. The van der Waals surface area contributed by atoms with Gasteiger partial charge in [0, 0.05) is 11.8 Å². The number of hydrogen-bond donors (Lipinski definition) is 1. The van der Waals surface area contributed by atoms with Crippen molar-refractivity contribution in [3.8, 4) is 0 Å². The Labute approximate surface area is 104 Å². The van der Waals surface area contributed by atoms with Gasteiger partial charge < -0.3 is 5.73 Å². The van der Waals surface area contributed by atoms with Crippen molar-refractivity contribution in [3.63, 3.8) is 0 Å². The summed E-state index contributed by atoms with van der Waals surface area (Å²) in [7, 11) is -2.89. The number of sulfone groups is 1. The van der Waals surface area contributed by atoms with Crippen LogP contribution in [-0.2, 0) is 16.3 Å². The first-order valence-electron chi connectivity index (χ1n) is 5.94. The summed E-state index contributed by atoms with van der Waals surface area (Å²) in [6, 6.07) is 8.10. The van der Waals surface area contributed by atoms with Gasteiger partial charge in [0.05, 0.1) is 5.75 Å². The molecule has 0 radical (unpaired) electrons. The zero-order chi connectivity index (χ0) is 12.9. The van der Waals surface area contributed by atoms with Gasteiger partial charge in [-0.2, -0.15) is 0 Å². The molecule has 3 nitrogen and oxygen atoms in total. The molecule has 0 aliphatic heterocycles. The van der Waals surface area contributed by atoms with Crippen LogP contribution >= 0.6 is 0 Å². The van der Waals surface area contributed by atoms with Gasteiger partial charge in [-0.3, -0.25) is 0 Å². The average Bonchev–Trinajstić information content (AvgIpc) is 2.30. The Balaban J connectivity index is 2.45. The third-order valence-corrected chi connectivity index (χ3v) is 4.60. The first-order chi connectivity index (χ1) is 7.93. The monoisotopic (exact) mass is 255 g/mol. The minimum atomic E-state index is -2.89. The third kappa shape index (κ3) is 5.33. The SMILES string of the molecule is CCS(=O)(=O)CCC(N)Cc1ccc(C)cc1. The molecule has 0 saturated carbocycles. The zero-order valence-corrected chi connectivity index (χ0v) is 11.3. The molecule has 1 atom stereocenters. The predicted molar refractivity (Wildman–Crippen MR) is 71.8 cm³/mol. The van der Waals surface area contributed by atoms with Crippen molar-refractivity contribution in [2.45, 2.75) is 32.7 Å². The fourth-order valence-electron chi connectivity index (χ4n) is 1.60. The highest BCUT2D eigenvalue weighted by Gasteiger charge is 2.11. The molecular formula is C13H21NO2S. The Bertz CT molecular complexity index is 437. The van der Waals surface area contributed by atoms with Gasteiger partial charge in [-0.25, -0.2) is 8.42 Å². The molecule has 1 aromatic carbocycles. The number of nitrogens with two attached hydrogens (primary N) is 1. The summed E-state index contributed by atoms with van der Waals surface area (Å²) in [5.74, 6) is 0.390. The summed E-state index contributed by atoms with van der Waals surface area (Å²) >= 11 is 0. The van der Waals surface area contributed by atoms with Gasteiger partial charge in [-0.1, -0.05) is 36.8 Å². The van der Waals surface area contributed by atoms with E-state index in [0.717, 1.165) is 12.0 Å². The van der Waals surface area contributed by atoms with E-state index in [0.29, 0.717) is 6.42 Å². The van der Waals surface area contributed by atoms with Crippen LogP contribution < -0.4 is 5.73 Å². The van der Waals surface area contributed by atoms with Crippen molar-refractivity contribution >= 4 is 9.84 Å². The highest BCUT2D eigenvalue weighted by atomic mass is 32.2. The molecule has 0 saturated heterocycles. The van der Waals surface area contributed by atoms with E-state index in [-0.39, 0.29) is 17.5 Å². The lowest BCUT2D eigenvalue weighted by molar-refractivity contribution is 0.581. The molecule has 1 rings (SSSR count). The van der Waals surface area contributed by atoms with Crippen molar-refractivity contribution in [1.82, 2.24) is 0 Å². The molecule has 0 aromatic heterocycles. The molecule has 0 heterocycles. The predicted octanol–water partition coefficient (Wildman–Crippen LogP) is 1.69. The second-order valence-corrected chi connectivity index (χ2v) is 6.95. The van der Waals surface area contributed by atoms with Crippen molar-refractivity contribution in [2.75, 3.05) is 11.5 Å². The van der Waals surface area contributed by atoms with E-state index in [2.05, 4.69) is 0 Å². The van der Waals surface area contributed by atoms with Crippen LogP contribution in [0.1, 0.15) is 24.5 Å². The fraction of sp³-hybridized carbons (Fsp3) is 0.538. The van der Waals surface area contributed by atoms with E-state index in [9.17, 15) is 8.42 Å². The molecule has 0 amide bonds. The summed E-state index contributed by atoms with van der Waals surface area (Å²) < 4.78 is 22.7. The maximum atomic E-state index is 11.3. The zero-order valence-electron chi connectivity index (χ0n) is 10.5. The lowest BCUT2D eigenvalue weighted by Crippen LogP contribution is -2.26. The fourth-order valence-corrected chi connectivity index (χ4v) is 2.55. The summed E-state index contributed by atoms with van der Waals surface area (Å²) in [6.07, 6.45) is 1.27. The minimum absolute atomic E-state index is 0.0842. The van der Waals surface area contributed by atoms with Crippen molar-refractivity contribution in [2.24, 2.45) is 5.73 Å². The van der Waals surface area contributed by atoms with Gasteiger partial charge >= 0.3 is 0 Å². The highest BCUT2D eigenvalue weighted by molar-refractivity contribution is 7.91. The lowest BCUT2D eigenvalue weighted by atomic mass is 10.0. The Morgan fingerprint density at radius 1 is 1.24 bits per heavy atom. The van der Waals surface area contributed by atoms with Crippen LogP contribution in [0.2, 0.25) is 0 Å². The van der Waals surface area contributed by atoms with Crippen molar-refractivity contribution in [1.29, 1.82) is 0 Å². The molecule has 0 aliphatic carbocycles. The van der Waals surface area contributed by atoms with E-state index in [1.165, 1.54) is 5.56 Å². The molecule has 0 spiro atoms. The maximum absolute atomic E-state index is 11.3. The van der Waals surface area contributed by atoms with Gasteiger partial charge in [-0.15, -0.1) is 0 Å². The van der Waals surface area contributed by atoms with Gasteiger partial charge in [-0.05, 0) is 25.3 Å². The largest absolute Gasteiger partial charge is 0.327 e. The van der Waals surface area contributed by atoms with Crippen LogP contribution in [0, 0.1) is 6.92 Å². The molecule has 0 bridgehead atoms. The van der Waals surface area contributed by atoms with Gasteiger partial charge in [0.1, 0.15) is 9.84 Å². The summed E-state index contributed by atoms with van der Waals surface area (Å²) in [6.45, 7) is 3.71. The van der Waals surface area contributed by atoms with Gasteiger partial charge in [0.15, 0.2) is 0 Å². The Kier molecular flexibility index (Phi) is 5.15. The first kappa shape index (κ1) is 14.2. The Morgan fingerprint density at radius 3 is 2.35 bits per heavy atom. The second-order valence-electron chi connectivity index (χ2n) is 4.47. The summed E-state index contributed by atoms with van der Waals surface area (Å²) in [5.41, 5.74) is 8.32. The molecule has 4 heteroatoms. The molecule has 0 aliphatic rings.